The van der Waals surface area contributed by atoms with Crippen molar-refractivity contribution in [3.63, 3.8) is 0 Å². The largest absolute Gasteiger partial charge is 0.419 e. The Hall–Kier alpha value is -2.78. The van der Waals surface area contributed by atoms with E-state index in [9.17, 15) is 17.6 Å². The van der Waals surface area contributed by atoms with Crippen LogP contribution in [0.1, 0.15) is 30.0 Å². The van der Waals surface area contributed by atoms with Gasteiger partial charge in [0.05, 0.1) is 11.6 Å². The summed E-state index contributed by atoms with van der Waals surface area (Å²) >= 11 is 0. The van der Waals surface area contributed by atoms with Gasteiger partial charge in [-0.15, -0.1) is 10.2 Å². The van der Waals surface area contributed by atoms with Crippen molar-refractivity contribution in [2.45, 2.75) is 25.7 Å². The van der Waals surface area contributed by atoms with Gasteiger partial charge in [-0.2, -0.15) is 13.2 Å². The molecule has 0 spiro atoms. The smallest absolute Gasteiger partial charge is 0.416 e. The van der Waals surface area contributed by atoms with Gasteiger partial charge in [0.1, 0.15) is 5.82 Å². The number of hydrogen-bond acceptors (Lipinski definition) is 5. The maximum absolute atomic E-state index is 13.1. The Bertz CT molecular complexity index is 1010. The molecule has 0 bridgehead atoms. The van der Waals surface area contributed by atoms with Gasteiger partial charge in [-0.25, -0.2) is 4.39 Å². The van der Waals surface area contributed by atoms with E-state index in [1.807, 2.05) is 6.92 Å². The highest BCUT2D eigenvalue weighted by Gasteiger charge is 2.31. The molecule has 164 valence electrons. The lowest BCUT2D eigenvalue weighted by Gasteiger charge is -2.36. The summed E-state index contributed by atoms with van der Waals surface area (Å²) in [4.78, 5) is 4.33. The van der Waals surface area contributed by atoms with Gasteiger partial charge in [-0.1, -0.05) is 18.2 Å². The molecule has 4 rings (SSSR count). The topological polar surface area (TPSA) is 45.4 Å². The van der Waals surface area contributed by atoms with Crippen molar-refractivity contribution in [1.29, 1.82) is 0 Å². The summed E-state index contributed by atoms with van der Waals surface area (Å²) in [6.07, 6.45) is -4.33. The first-order valence-electron chi connectivity index (χ1n) is 10.0. The zero-order valence-electron chi connectivity index (χ0n) is 16.9. The number of rotatable bonds is 5. The summed E-state index contributed by atoms with van der Waals surface area (Å²) in [6.45, 7) is 5.35. The standard InChI is InChI=1S/C22H22F4N4O/c1-15(20-27-28-21(31-20)17-5-7-19(23)8-6-17)30-11-9-29(10-12-30)14-16-3-2-4-18(13-16)22(24,25)26/h2-8,13,15H,9-12,14H2,1H3/t15-/m0/s1. The molecule has 2 heterocycles. The van der Waals surface area contributed by atoms with Crippen molar-refractivity contribution >= 4 is 0 Å². The van der Waals surface area contributed by atoms with Gasteiger partial charge in [-0.05, 0) is 42.8 Å². The molecular formula is C22H22F4N4O. The molecule has 0 saturated carbocycles. The highest BCUT2D eigenvalue weighted by Crippen LogP contribution is 2.30. The van der Waals surface area contributed by atoms with Crippen LogP contribution in [0.25, 0.3) is 11.5 Å². The fourth-order valence-corrected chi connectivity index (χ4v) is 3.68. The molecule has 0 aliphatic carbocycles. The SMILES string of the molecule is C[C@@H](c1nnc(-c2ccc(F)cc2)o1)N1CCN(Cc2cccc(C(F)(F)F)c2)CC1. The van der Waals surface area contributed by atoms with Crippen LogP contribution in [0.4, 0.5) is 17.6 Å². The average Bonchev–Trinajstić information content (AvgIpc) is 3.24. The molecule has 9 heteroatoms. The van der Waals surface area contributed by atoms with Crippen molar-refractivity contribution < 1.29 is 22.0 Å². The molecular weight excluding hydrogens is 412 g/mol. The molecule has 1 aliphatic rings. The van der Waals surface area contributed by atoms with E-state index >= 15 is 0 Å². The molecule has 0 amide bonds. The van der Waals surface area contributed by atoms with Crippen LogP contribution in [0, 0.1) is 5.82 Å². The normalized spacial score (nSPS) is 17.1. The van der Waals surface area contributed by atoms with E-state index in [1.54, 1.807) is 18.2 Å². The predicted octanol–water partition coefficient (Wildman–Crippen LogP) is 4.77. The molecule has 0 N–H and O–H groups in total. The van der Waals surface area contributed by atoms with Gasteiger partial charge >= 0.3 is 6.18 Å². The summed E-state index contributed by atoms with van der Waals surface area (Å²) < 4.78 is 57.6. The quantitative estimate of drug-likeness (QED) is 0.541. The summed E-state index contributed by atoms with van der Waals surface area (Å²) in [7, 11) is 0. The van der Waals surface area contributed by atoms with Crippen molar-refractivity contribution in [1.82, 2.24) is 20.0 Å². The van der Waals surface area contributed by atoms with Crippen LogP contribution >= 0.6 is 0 Å². The number of piperazine rings is 1. The zero-order valence-corrected chi connectivity index (χ0v) is 16.9. The Balaban J connectivity index is 1.34. The molecule has 1 fully saturated rings. The molecule has 1 aliphatic heterocycles. The third kappa shape index (κ3) is 5.11. The van der Waals surface area contributed by atoms with E-state index in [0.717, 1.165) is 32.2 Å². The number of aromatic nitrogens is 2. The lowest BCUT2D eigenvalue weighted by Crippen LogP contribution is -2.46. The van der Waals surface area contributed by atoms with E-state index in [2.05, 4.69) is 20.0 Å². The Morgan fingerprint density at radius 2 is 1.71 bits per heavy atom. The van der Waals surface area contributed by atoms with Gasteiger partial charge in [0, 0.05) is 38.3 Å². The lowest BCUT2D eigenvalue weighted by atomic mass is 10.1. The molecule has 2 aromatic carbocycles. The van der Waals surface area contributed by atoms with E-state index in [-0.39, 0.29) is 11.9 Å². The van der Waals surface area contributed by atoms with Crippen LogP contribution in [-0.2, 0) is 12.7 Å². The zero-order chi connectivity index (χ0) is 22.0. The van der Waals surface area contributed by atoms with Crippen LogP contribution in [0.2, 0.25) is 0 Å². The summed E-state index contributed by atoms with van der Waals surface area (Å²) in [5, 5.41) is 8.20. The minimum atomic E-state index is -4.33. The Morgan fingerprint density at radius 3 is 2.39 bits per heavy atom. The van der Waals surface area contributed by atoms with Crippen LogP contribution < -0.4 is 0 Å². The fourth-order valence-electron chi connectivity index (χ4n) is 3.68. The van der Waals surface area contributed by atoms with E-state index < -0.39 is 11.7 Å². The van der Waals surface area contributed by atoms with Gasteiger partial charge in [0.2, 0.25) is 11.8 Å². The van der Waals surface area contributed by atoms with Crippen molar-refractivity contribution in [3.05, 3.63) is 71.4 Å². The van der Waals surface area contributed by atoms with Gasteiger partial charge in [0.15, 0.2) is 0 Å². The maximum atomic E-state index is 13.1. The second-order valence-electron chi connectivity index (χ2n) is 7.64. The average molecular weight is 434 g/mol. The van der Waals surface area contributed by atoms with Gasteiger partial charge in [-0.3, -0.25) is 9.80 Å². The number of hydrogen-bond donors (Lipinski definition) is 0. The highest BCUT2D eigenvalue weighted by atomic mass is 19.4. The Labute approximate surface area is 177 Å². The molecule has 0 radical (unpaired) electrons. The molecule has 0 unspecified atom stereocenters. The van der Waals surface area contributed by atoms with Crippen molar-refractivity contribution in [3.8, 4) is 11.5 Å². The third-order valence-electron chi connectivity index (χ3n) is 5.50. The molecule has 1 atom stereocenters. The van der Waals surface area contributed by atoms with Gasteiger partial charge < -0.3 is 4.42 Å². The summed E-state index contributed by atoms with van der Waals surface area (Å²) in [5.74, 6) is 0.482. The second kappa shape index (κ2) is 8.76. The monoisotopic (exact) mass is 434 g/mol. The maximum Gasteiger partial charge on any atom is 0.416 e. The number of nitrogens with zero attached hydrogens (tertiary/aromatic N) is 4. The Kier molecular flexibility index (Phi) is 6.06. The molecule has 1 aromatic heterocycles. The molecule has 1 saturated heterocycles. The van der Waals surface area contributed by atoms with Crippen LogP contribution in [0.5, 0.6) is 0 Å². The predicted molar refractivity (Wildman–Crippen MR) is 106 cm³/mol. The summed E-state index contributed by atoms with van der Waals surface area (Å²) in [5.41, 5.74) is 0.682. The van der Waals surface area contributed by atoms with Crippen LogP contribution in [0.15, 0.2) is 52.9 Å². The highest BCUT2D eigenvalue weighted by molar-refractivity contribution is 5.52. The van der Waals surface area contributed by atoms with E-state index in [4.69, 9.17) is 4.42 Å². The van der Waals surface area contributed by atoms with Crippen LogP contribution in [-0.4, -0.2) is 46.2 Å². The van der Waals surface area contributed by atoms with Gasteiger partial charge in [0.25, 0.3) is 0 Å². The second-order valence-corrected chi connectivity index (χ2v) is 7.64. The number of alkyl halides is 3. The van der Waals surface area contributed by atoms with Crippen molar-refractivity contribution in [2.75, 3.05) is 26.2 Å². The van der Waals surface area contributed by atoms with Crippen molar-refractivity contribution in [2.24, 2.45) is 0 Å². The van der Waals surface area contributed by atoms with E-state index in [1.165, 1.54) is 24.3 Å². The molecule has 5 nitrogen and oxygen atoms in total. The Morgan fingerprint density at radius 1 is 1.00 bits per heavy atom. The number of halogens is 4. The number of benzene rings is 2. The molecule has 3 aromatic rings. The van der Waals surface area contributed by atoms with Crippen LogP contribution in [0.3, 0.4) is 0 Å². The third-order valence-corrected chi connectivity index (χ3v) is 5.50. The lowest BCUT2D eigenvalue weighted by molar-refractivity contribution is -0.137. The first-order chi connectivity index (χ1) is 14.8. The summed E-state index contributed by atoms with van der Waals surface area (Å²) in [6, 6.07) is 11.2. The first-order valence-corrected chi connectivity index (χ1v) is 10.0. The molecule has 31 heavy (non-hydrogen) atoms. The first kappa shape index (κ1) is 21.5. The fraction of sp³-hybridized carbons (Fsp3) is 0.364. The van der Waals surface area contributed by atoms with E-state index in [0.29, 0.717) is 29.5 Å². The minimum absolute atomic E-state index is 0.0996. The minimum Gasteiger partial charge on any atom is -0.419 e.